The van der Waals surface area contributed by atoms with Gasteiger partial charge in [-0.25, -0.2) is 0 Å². The molecule has 4 atom stereocenters. The van der Waals surface area contributed by atoms with Crippen LogP contribution >= 0.6 is 0 Å². The van der Waals surface area contributed by atoms with Crippen molar-refractivity contribution in [1.29, 1.82) is 0 Å². The summed E-state index contributed by atoms with van der Waals surface area (Å²) in [4.78, 5) is 12.4. The predicted molar refractivity (Wildman–Crippen MR) is 91.5 cm³/mol. The van der Waals surface area contributed by atoms with E-state index >= 15 is 0 Å². The lowest BCUT2D eigenvalue weighted by Crippen LogP contribution is -2.42. The van der Waals surface area contributed by atoms with E-state index in [4.69, 9.17) is 4.18 Å². The summed E-state index contributed by atoms with van der Waals surface area (Å²) in [5, 5.41) is 0. The molecule has 2 saturated carbocycles. The Bertz CT molecular complexity index is 798. The molecule has 0 aromatic heterocycles. The molecular weight excluding hydrogens is 324 g/mol. The Morgan fingerprint density at radius 1 is 1.17 bits per heavy atom. The van der Waals surface area contributed by atoms with E-state index in [1.165, 1.54) is 11.1 Å². The van der Waals surface area contributed by atoms with E-state index in [1.54, 1.807) is 6.07 Å². The fourth-order valence-electron chi connectivity index (χ4n) is 5.56. The molecule has 0 bridgehead atoms. The SMILES string of the molecule is C[C@]12CCC3c4ccc(OS(C)(=O)=O)cc4CCC3C1CCC2=O. The van der Waals surface area contributed by atoms with Crippen molar-refractivity contribution >= 4 is 15.9 Å². The highest BCUT2D eigenvalue weighted by Gasteiger charge is 2.54. The van der Waals surface area contributed by atoms with Gasteiger partial charge in [0.1, 0.15) is 11.5 Å². The van der Waals surface area contributed by atoms with Gasteiger partial charge in [-0.15, -0.1) is 0 Å². The first-order valence-electron chi connectivity index (χ1n) is 8.83. The lowest BCUT2D eigenvalue weighted by molar-refractivity contribution is -0.129. The number of Topliss-reactive ketones (excluding diaryl/α,β-unsaturated/α-hetero) is 1. The monoisotopic (exact) mass is 348 g/mol. The molecule has 130 valence electrons. The van der Waals surface area contributed by atoms with Gasteiger partial charge in [0.15, 0.2) is 0 Å². The maximum Gasteiger partial charge on any atom is 0.306 e. The Kier molecular flexibility index (Phi) is 3.57. The maximum absolute atomic E-state index is 12.4. The highest BCUT2D eigenvalue weighted by Crippen LogP contribution is 2.59. The number of fused-ring (bicyclic) bond motifs is 5. The molecule has 2 fully saturated rings. The highest BCUT2D eigenvalue weighted by atomic mass is 32.2. The Morgan fingerprint density at radius 2 is 1.96 bits per heavy atom. The molecule has 3 aliphatic carbocycles. The van der Waals surface area contributed by atoms with Gasteiger partial charge in [-0.3, -0.25) is 4.79 Å². The Labute approximate surface area is 143 Å². The minimum absolute atomic E-state index is 0.0992. The van der Waals surface area contributed by atoms with Crippen molar-refractivity contribution in [3.8, 4) is 5.75 Å². The second kappa shape index (κ2) is 5.32. The van der Waals surface area contributed by atoms with E-state index in [0.717, 1.165) is 44.8 Å². The topological polar surface area (TPSA) is 60.4 Å². The van der Waals surface area contributed by atoms with Crippen molar-refractivity contribution in [1.82, 2.24) is 0 Å². The molecule has 5 heteroatoms. The van der Waals surface area contributed by atoms with Gasteiger partial charge in [0.2, 0.25) is 0 Å². The van der Waals surface area contributed by atoms with Crippen LogP contribution in [0.4, 0.5) is 0 Å². The number of ketones is 1. The highest BCUT2D eigenvalue weighted by molar-refractivity contribution is 7.86. The number of rotatable bonds is 2. The van der Waals surface area contributed by atoms with Crippen molar-refractivity contribution in [2.45, 2.75) is 51.4 Å². The number of carbonyl (C=O) groups is 1. The predicted octanol–water partition coefficient (Wildman–Crippen LogP) is 3.45. The largest absolute Gasteiger partial charge is 0.383 e. The summed E-state index contributed by atoms with van der Waals surface area (Å²) in [5.41, 5.74) is 2.46. The lowest BCUT2D eigenvalue weighted by Gasteiger charge is -2.48. The van der Waals surface area contributed by atoms with Crippen LogP contribution in [0.5, 0.6) is 5.75 Å². The van der Waals surface area contributed by atoms with Crippen LogP contribution in [0.1, 0.15) is 56.1 Å². The molecule has 0 heterocycles. The molecule has 0 saturated heterocycles. The van der Waals surface area contributed by atoms with Crippen molar-refractivity contribution in [3.05, 3.63) is 29.3 Å². The molecule has 0 amide bonds. The summed E-state index contributed by atoms with van der Waals surface area (Å²) in [6.45, 7) is 2.18. The minimum Gasteiger partial charge on any atom is -0.383 e. The zero-order valence-electron chi connectivity index (χ0n) is 14.2. The van der Waals surface area contributed by atoms with E-state index in [2.05, 4.69) is 6.92 Å². The van der Waals surface area contributed by atoms with Crippen molar-refractivity contribution < 1.29 is 17.4 Å². The number of aryl methyl sites for hydroxylation is 1. The van der Waals surface area contributed by atoms with E-state index in [1.807, 2.05) is 12.1 Å². The summed E-state index contributed by atoms with van der Waals surface area (Å²) in [6.07, 6.45) is 6.94. The fourth-order valence-corrected chi connectivity index (χ4v) is 6.01. The Balaban J connectivity index is 1.65. The third-order valence-corrected chi connectivity index (χ3v) is 7.15. The van der Waals surface area contributed by atoms with Gasteiger partial charge >= 0.3 is 10.1 Å². The third-order valence-electron chi connectivity index (χ3n) is 6.65. The normalized spacial score (nSPS) is 35.1. The maximum atomic E-state index is 12.4. The third kappa shape index (κ3) is 2.48. The standard InChI is InChI=1S/C19H24O4S/c1-19-10-9-15-14-6-4-13(23-24(2,21)22)11-12(14)3-5-16(15)17(19)7-8-18(19)20/h4,6,11,15-17H,3,5,7-10H2,1-2H3/t15?,16?,17?,19-/m0/s1. The Morgan fingerprint density at radius 3 is 2.71 bits per heavy atom. The lowest BCUT2D eigenvalue weighted by atomic mass is 9.55. The first-order chi connectivity index (χ1) is 11.3. The second-order valence-electron chi connectivity index (χ2n) is 7.98. The molecule has 0 N–H and O–H groups in total. The van der Waals surface area contributed by atoms with E-state index < -0.39 is 10.1 Å². The summed E-state index contributed by atoms with van der Waals surface area (Å²) < 4.78 is 27.7. The van der Waals surface area contributed by atoms with Crippen molar-refractivity contribution in [2.75, 3.05) is 6.26 Å². The zero-order valence-corrected chi connectivity index (χ0v) is 15.1. The van der Waals surface area contributed by atoms with Crippen LogP contribution in [0.25, 0.3) is 0 Å². The molecule has 1 aromatic carbocycles. The minimum atomic E-state index is -3.49. The van der Waals surface area contributed by atoms with Gasteiger partial charge < -0.3 is 4.18 Å². The summed E-state index contributed by atoms with van der Waals surface area (Å²) in [6, 6.07) is 5.71. The van der Waals surface area contributed by atoms with Gasteiger partial charge in [0.05, 0.1) is 6.26 Å². The van der Waals surface area contributed by atoms with Crippen LogP contribution in [0.3, 0.4) is 0 Å². The van der Waals surface area contributed by atoms with E-state index in [0.29, 0.717) is 29.3 Å². The van der Waals surface area contributed by atoms with Crippen LogP contribution in [0, 0.1) is 17.3 Å². The average molecular weight is 348 g/mol. The van der Waals surface area contributed by atoms with Gasteiger partial charge in [0.25, 0.3) is 0 Å². The summed E-state index contributed by atoms with van der Waals surface area (Å²) >= 11 is 0. The summed E-state index contributed by atoms with van der Waals surface area (Å²) in [7, 11) is -3.49. The van der Waals surface area contributed by atoms with Crippen LogP contribution in [0.15, 0.2) is 18.2 Å². The quantitative estimate of drug-likeness (QED) is 0.768. The Hall–Kier alpha value is -1.36. The first-order valence-corrected chi connectivity index (χ1v) is 10.7. The number of hydrogen-bond donors (Lipinski definition) is 0. The molecule has 0 spiro atoms. The molecule has 0 radical (unpaired) electrons. The van der Waals surface area contributed by atoms with Gasteiger partial charge in [-0.05, 0) is 73.1 Å². The second-order valence-corrected chi connectivity index (χ2v) is 9.56. The average Bonchev–Trinajstić information content (AvgIpc) is 2.81. The van der Waals surface area contributed by atoms with Crippen LogP contribution in [-0.2, 0) is 21.3 Å². The smallest absolute Gasteiger partial charge is 0.306 e. The van der Waals surface area contributed by atoms with Crippen LogP contribution in [-0.4, -0.2) is 20.5 Å². The van der Waals surface area contributed by atoms with Gasteiger partial charge in [-0.1, -0.05) is 13.0 Å². The molecular formula is C19H24O4S. The molecule has 4 rings (SSSR count). The molecule has 4 nitrogen and oxygen atoms in total. The number of hydrogen-bond acceptors (Lipinski definition) is 4. The van der Waals surface area contributed by atoms with E-state index in [-0.39, 0.29) is 5.41 Å². The zero-order chi connectivity index (χ0) is 17.1. The molecule has 1 aromatic rings. The van der Waals surface area contributed by atoms with Crippen molar-refractivity contribution in [2.24, 2.45) is 17.3 Å². The molecule has 24 heavy (non-hydrogen) atoms. The van der Waals surface area contributed by atoms with Crippen molar-refractivity contribution in [3.63, 3.8) is 0 Å². The molecule has 0 aliphatic heterocycles. The van der Waals surface area contributed by atoms with Crippen LogP contribution in [0.2, 0.25) is 0 Å². The van der Waals surface area contributed by atoms with E-state index in [9.17, 15) is 13.2 Å². The first kappa shape index (κ1) is 16.1. The van der Waals surface area contributed by atoms with Gasteiger partial charge in [-0.2, -0.15) is 8.42 Å². The number of carbonyl (C=O) groups excluding carboxylic acids is 1. The fraction of sp³-hybridized carbons (Fsp3) is 0.632. The van der Waals surface area contributed by atoms with Gasteiger partial charge in [0, 0.05) is 11.8 Å². The summed E-state index contributed by atoms with van der Waals surface area (Å²) in [5.74, 6) is 2.48. The molecule has 3 aliphatic rings. The molecule has 3 unspecified atom stereocenters. The number of benzene rings is 1. The van der Waals surface area contributed by atoms with Crippen LogP contribution < -0.4 is 4.18 Å².